The molecule has 0 aromatic carbocycles. The van der Waals surface area contributed by atoms with Crippen LogP contribution in [0.5, 0.6) is 0 Å². The third-order valence-electron chi connectivity index (χ3n) is 2.26. The quantitative estimate of drug-likeness (QED) is 0.598. The predicted molar refractivity (Wildman–Crippen MR) is 49.7 cm³/mol. The maximum atomic E-state index is 2.34. The zero-order valence-corrected chi connectivity index (χ0v) is 7.90. The van der Waals surface area contributed by atoms with Crippen LogP contribution in [0.15, 0.2) is 11.6 Å². The van der Waals surface area contributed by atoms with Crippen LogP contribution in [-0.4, -0.2) is 0 Å². The lowest BCUT2D eigenvalue weighted by Crippen LogP contribution is -1.82. The van der Waals surface area contributed by atoms with E-state index in [2.05, 4.69) is 11.6 Å². The van der Waals surface area contributed by atoms with Crippen LogP contribution < -0.4 is 0 Å². The van der Waals surface area contributed by atoms with Crippen LogP contribution in [0.1, 0.15) is 36.6 Å². The molecule has 1 fully saturated rings. The summed E-state index contributed by atoms with van der Waals surface area (Å²) in [6.45, 7) is 0. The Morgan fingerprint density at radius 2 is 2.20 bits per heavy atom. The summed E-state index contributed by atoms with van der Waals surface area (Å²) in [5.41, 5.74) is 0. The van der Waals surface area contributed by atoms with Gasteiger partial charge >= 0.3 is 0 Å². The second-order valence-corrected chi connectivity index (χ2v) is 5.58. The van der Waals surface area contributed by atoms with Gasteiger partial charge in [-0.2, -0.15) is 0 Å². The van der Waals surface area contributed by atoms with Crippen molar-refractivity contribution in [3.63, 3.8) is 0 Å². The van der Waals surface area contributed by atoms with Crippen molar-refractivity contribution in [3.05, 3.63) is 16.6 Å². The molecular formula is C8H12P2. The van der Waals surface area contributed by atoms with Crippen LogP contribution in [0.25, 0.3) is 0 Å². The van der Waals surface area contributed by atoms with Gasteiger partial charge in [-0.3, -0.25) is 0 Å². The molecule has 0 N–H and O–H groups in total. The fraction of sp³-hybridized carbons (Fsp3) is 0.625. The van der Waals surface area contributed by atoms with Crippen molar-refractivity contribution in [2.75, 3.05) is 0 Å². The first-order valence-electron chi connectivity index (χ1n) is 3.96. The van der Waals surface area contributed by atoms with Gasteiger partial charge in [-0.05, 0) is 35.4 Å². The lowest BCUT2D eigenvalue weighted by Gasteiger charge is -2.03. The van der Waals surface area contributed by atoms with Crippen molar-refractivity contribution in [3.8, 4) is 0 Å². The summed E-state index contributed by atoms with van der Waals surface area (Å²) >= 11 is 0. The van der Waals surface area contributed by atoms with Crippen LogP contribution in [0.4, 0.5) is 0 Å². The van der Waals surface area contributed by atoms with Crippen molar-refractivity contribution in [1.82, 2.24) is 0 Å². The van der Waals surface area contributed by atoms with Crippen LogP contribution in [0.2, 0.25) is 0 Å². The predicted octanol–water partition coefficient (Wildman–Crippen LogP) is 3.96. The summed E-state index contributed by atoms with van der Waals surface area (Å²) in [6, 6.07) is 0. The van der Waals surface area contributed by atoms with E-state index in [0.717, 1.165) is 14.1 Å². The van der Waals surface area contributed by atoms with Crippen LogP contribution >= 0.6 is 16.4 Å². The molecule has 1 aromatic rings. The van der Waals surface area contributed by atoms with Crippen LogP contribution in [-0.2, 0) is 0 Å². The van der Waals surface area contributed by atoms with E-state index in [0.29, 0.717) is 0 Å². The van der Waals surface area contributed by atoms with Gasteiger partial charge in [-0.1, -0.05) is 21.0 Å². The molecule has 0 radical (unpaired) electrons. The molecular weight excluding hydrogens is 158 g/mol. The minimum atomic E-state index is 1.01. The Balaban J connectivity index is 2.12. The second kappa shape index (κ2) is 3.07. The minimum Gasteiger partial charge on any atom is -0.131 e. The smallest absolute Gasteiger partial charge is 0.00107 e. The van der Waals surface area contributed by atoms with E-state index in [4.69, 9.17) is 0 Å². The Morgan fingerprint density at radius 3 is 2.80 bits per heavy atom. The molecule has 0 bridgehead atoms. The van der Waals surface area contributed by atoms with Gasteiger partial charge in [-0.15, -0.1) is 8.19 Å². The second-order valence-electron chi connectivity index (χ2n) is 2.96. The molecule has 0 saturated heterocycles. The van der Waals surface area contributed by atoms with Crippen molar-refractivity contribution in [2.24, 2.45) is 0 Å². The molecule has 2 rings (SSSR count). The summed E-state index contributed by atoms with van der Waals surface area (Å²) in [5.74, 6) is 5.66. The Bertz CT molecular complexity index is 185. The highest BCUT2D eigenvalue weighted by atomic mass is 31.1. The molecule has 0 aliphatic heterocycles. The van der Waals surface area contributed by atoms with E-state index in [9.17, 15) is 0 Å². The van der Waals surface area contributed by atoms with Gasteiger partial charge in [0.25, 0.3) is 0 Å². The molecule has 1 unspecified atom stereocenters. The first-order valence-corrected chi connectivity index (χ1v) is 6.00. The highest BCUT2D eigenvalue weighted by Gasteiger charge is 2.16. The van der Waals surface area contributed by atoms with Gasteiger partial charge in [0.05, 0.1) is 0 Å². The first kappa shape index (κ1) is 6.89. The summed E-state index contributed by atoms with van der Waals surface area (Å²) in [4.78, 5) is 0. The molecule has 0 nitrogen and oxygen atoms in total. The van der Waals surface area contributed by atoms with Gasteiger partial charge in [0, 0.05) is 0 Å². The number of rotatable bonds is 1. The standard InChI is InChI=1S/C8H12P2/c1-2-4-7(3-1)8-9-5-6-10-8/h5-7,9H,1-4H2. The molecule has 0 amide bonds. The Hall–Kier alpha value is 0.210. The molecule has 1 saturated carbocycles. The zero-order chi connectivity index (χ0) is 6.81. The largest absolute Gasteiger partial charge is 0.131 e. The Kier molecular flexibility index (Phi) is 2.12. The maximum Gasteiger partial charge on any atom is -0.00107 e. The van der Waals surface area contributed by atoms with Crippen molar-refractivity contribution in [2.45, 2.75) is 31.6 Å². The van der Waals surface area contributed by atoms with E-state index >= 15 is 0 Å². The average Bonchev–Trinajstić information content (AvgIpc) is 2.59. The lowest BCUT2D eigenvalue weighted by atomic mass is 10.1. The number of hydrogen-bond donors (Lipinski definition) is 0. The highest BCUT2D eigenvalue weighted by molar-refractivity contribution is 7.48. The van der Waals surface area contributed by atoms with E-state index < -0.39 is 0 Å². The van der Waals surface area contributed by atoms with Crippen LogP contribution in [0, 0.1) is 0 Å². The van der Waals surface area contributed by atoms with Gasteiger partial charge in [-0.25, -0.2) is 0 Å². The van der Waals surface area contributed by atoms with E-state index in [-0.39, 0.29) is 0 Å². The fourth-order valence-corrected chi connectivity index (χ4v) is 4.37. The van der Waals surface area contributed by atoms with Crippen molar-refractivity contribution >= 4 is 16.4 Å². The van der Waals surface area contributed by atoms with E-state index in [1.807, 2.05) is 5.03 Å². The molecule has 1 aliphatic carbocycles. The Labute approximate surface area is 65.2 Å². The minimum absolute atomic E-state index is 1.01. The van der Waals surface area contributed by atoms with E-state index in [1.165, 1.54) is 33.9 Å². The molecule has 1 atom stereocenters. The molecule has 10 heavy (non-hydrogen) atoms. The van der Waals surface area contributed by atoms with Crippen LogP contribution in [0.3, 0.4) is 0 Å². The Morgan fingerprint density at radius 1 is 1.40 bits per heavy atom. The molecule has 2 heteroatoms. The highest BCUT2D eigenvalue weighted by Crippen LogP contribution is 2.42. The van der Waals surface area contributed by atoms with Gasteiger partial charge < -0.3 is 0 Å². The molecule has 1 heterocycles. The normalized spacial score (nSPS) is 21.6. The average molecular weight is 170 g/mol. The fourth-order valence-electron chi connectivity index (χ4n) is 1.70. The monoisotopic (exact) mass is 170 g/mol. The van der Waals surface area contributed by atoms with Crippen molar-refractivity contribution in [1.29, 1.82) is 0 Å². The van der Waals surface area contributed by atoms with Crippen molar-refractivity contribution < 1.29 is 0 Å². The zero-order valence-electron chi connectivity index (χ0n) is 6.01. The molecule has 1 aromatic heterocycles. The molecule has 0 spiro atoms. The molecule has 1 aliphatic rings. The lowest BCUT2D eigenvalue weighted by molar-refractivity contribution is 0.750. The summed E-state index contributed by atoms with van der Waals surface area (Å²) in [5, 5.41) is 1.82. The maximum absolute atomic E-state index is 2.34. The van der Waals surface area contributed by atoms with Gasteiger partial charge in [0.2, 0.25) is 0 Å². The third kappa shape index (κ3) is 1.29. The number of hydrogen-bond acceptors (Lipinski definition) is 0. The SMILES string of the molecule is c1c[pH]c(C2CCCC2)p1. The molecule has 54 valence electrons. The van der Waals surface area contributed by atoms with E-state index in [1.54, 1.807) is 0 Å². The summed E-state index contributed by atoms with van der Waals surface area (Å²) in [6.07, 6.45) is 5.93. The third-order valence-corrected chi connectivity index (χ3v) is 5.30. The topological polar surface area (TPSA) is 0 Å². The van der Waals surface area contributed by atoms with Gasteiger partial charge in [0.1, 0.15) is 0 Å². The first-order chi connectivity index (χ1) is 4.97. The van der Waals surface area contributed by atoms with Gasteiger partial charge in [0.15, 0.2) is 0 Å². The summed E-state index contributed by atoms with van der Waals surface area (Å²) in [7, 11) is 2.59. The summed E-state index contributed by atoms with van der Waals surface area (Å²) < 4.78 is 0.